The molecule has 2 aromatic rings. The number of rotatable bonds is 6. The van der Waals surface area contributed by atoms with Crippen LogP contribution in [0.4, 0.5) is 0 Å². The van der Waals surface area contributed by atoms with Gasteiger partial charge in [0.05, 0.1) is 0 Å². The predicted octanol–water partition coefficient (Wildman–Crippen LogP) is 6.11. The molecule has 0 aromatic heterocycles. The van der Waals surface area contributed by atoms with Gasteiger partial charge in [-0.2, -0.15) is 0 Å². The summed E-state index contributed by atoms with van der Waals surface area (Å²) < 4.78 is 1.16. The monoisotopic (exact) mass is 398 g/mol. The van der Waals surface area contributed by atoms with Gasteiger partial charge in [0, 0.05) is 14.7 Å². The molecule has 0 aliphatic heterocycles. The van der Waals surface area contributed by atoms with Crippen LogP contribution in [0.2, 0.25) is 0 Å². The van der Waals surface area contributed by atoms with Crippen molar-refractivity contribution in [3.8, 4) is 0 Å². The van der Waals surface area contributed by atoms with E-state index in [0.717, 1.165) is 15.6 Å². The Kier molecular flexibility index (Phi) is 6.48. The zero-order chi connectivity index (χ0) is 13.5. The highest BCUT2D eigenvalue weighted by atomic mass is 79.9. The maximum atomic E-state index is 3.64. The Morgan fingerprint density at radius 1 is 1.00 bits per heavy atom. The SMILES string of the molecule is BrCC(CCSc1ccccc1)c1cccc(Br)c1. The second-order valence-corrected chi connectivity index (χ2v) is 7.09. The van der Waals surface area contributed by atoms with E-state index in [1.807, 2.05) is 11.8 Å². The summed E-state index contributed by atoms with van der Waals surface area (Å²) in [5.74, 6) is 1.72. The maximum absolute atomic E-state index is 3.64. The first-order chi connectivity index (χ1) is 9.29. The van der Waals surface area contributed by atoms with Gasteiger partial charge in [-0.3, -0.25) is 0 Å². The van der Waals surface area contributed by atoms with E-state index in [9.17, 15) is 0 Å². The molecular weight excluding hydrogens is 384 g/mol. The van der Waals surface area contributed by atoms with Crippen molar-refractivity contribution in [3.05, 3.63) is 64.6 Å². The highest BCUT2D eigenvalue weighted by molar-refractivity contribution is 9.10. The van der Waals surface area contributed by atoms with Gasteiger partial charge in [-0.05, 0) is 47.9 Å². The zero-order valence-electron chi connectivity index (χ0n) is 10.6. The third-order valence-electron chi connectivity index (χ3n) is 2.98. The van der Waals surface area contributed by atoms with E-state index >= 15 is 0 Å². The fourth-order valence-corrected chi connectivity index (χ4v) is 4.03. The molecule has 0 aliphatic rings. The minimum Gasteiger partial charge on any atom is -0.126 e. The molecule has 2 aromatic carbocycles. The number of thioether (sulfide) groups is 1. The minimum atomic E-state index is 0.578. The summed E-state index contributed by atoms with van der Waals surface area (Å²) in [6.07, 6.45) is 1.18. The fraction of sp³-hybridized carbons (Fsp3) is 0.250. The van der Waals surface area contributed by atoms with Crippen molar-refractivity contribution < 1.29 is 0 Å². The molecule has 0 saturated carbocycles. The van der Waals surface area contributed by atoms with Gasteiger partial charge in [0.1, 0.15) is 0 Å². The Hall–Kier alpha value is -0.250. The summed E-state index contributed by atoms with van der Waals surface area (Å²) in [4.78, 5) is 1.35. The van der Waals surface area contributed by atoms with Crippen LogP contribution in [-0.4, -0.2) is 11.1 Å². The van der Waals surface area contributed by atoms with Crippen molar-refractivity contribution >= 4 is 43.6 Å². The van der Waals surface area contributed by atoms with Crippen LogP contribution >= 0.6 is 43.6 Å². The predicted molar refractivity (Wildman–Crippen MR) is 92.5 cm³/mol. The van der Waals surface area contributed by atoms with Gasteiger partial charge in [-0.1, -0.05) is 62.2 Å². The molecule has 1 unspecified atom stereocenters. The van der Waals surface area contributed by atoms with Crippen molar-refractivity contribution in [2.24, 2.45) is 0 Å². The molecule has 0 radical (unpaired) electrons. The van der Waals surface area contributed by atoms with Gasteiger partial charge >= 0.3 is 0 Å². The molecule has 0 nitrogen and oxygen atoms in total. The molecule has 0 saturated heterocycles. The van der Waals surface area contributed by atoms with E-state index in [2.05, 4.69) is 86.5 Å². The lowest BCUT2D eigenvalue weighted by atomic mass is 9.99. The summed E-state index contributed by atoms with van der Waals surface area (Å²) in [5, 5.41) is 1.01. The number of benzene rings is 2. The molecule has 1 atom stereocenters. The molecule has 0 amide bonds. The summed E-state index contributed by atoms with van der Waals surface area (Å²) in [5.41, 5.74) is 1.40. The number of halogens is 2. The lowest BCUT2D eigenvalue weighted by Gasteiger charge is -2.14. The van der Waals surface area contributed by atoms with E-state index in [1.54, 1.807) is 0 Å². The van der Waals surface area contributed by atoms with Gasteiger partial charge in [0.2, 0.25) is 0 Å². The first kappa shape index (κ1) is 15.1. The second kappa shape index (κ2) is 8.13. The maximum Gasteiger partial charge on any atom is 0.0178 e. The number of hydrogen-bond donors (Lipinski definition) is 0. The van der Waals surface area contributed by atoms with E-state index in [-0.39, 0.29) is 0 Å². The highest BCUT2D eigenvalue weighted by Gasteiger charge is 2.10. The lowest BCUT2D eigenvalue weighted by molar-refractivity contribution is 0.756. The highest BCUT2D eigenvalue weighted by Crippen LogP contribution is 2.28. The van der Waals surface area contributed by atoms with Crippen molar-refractivity contribution in [3.63, 3.8) is 0 Å². The quantitative estimate of drug-likeness (QED) is 0.417. The first-order valence-corrected chi connectivity index (χ1v) is 9.19. The molecular formula is C16H16Br2S. The Morgan fingerprint density at radius 3 is 2.47 bits per heavy atom. The average Bonchev–Trinajstić information content (AvgIpc) is 2.45. The third kappa shape index (κ3) is 4.97. The smallest absolute Gasteiger partial charge is 0.0178 e. The topological polar surface area (TPSA) is 0 Å². The van der Waals surface area contributed by atoms with Gasteiger partial charge in [-0.25, -0.2) is 0 Å². The average molecular weight is 400 g/mol. The first-order valence-electron chi connectivity index (χ1n) is 6.29. The molecule has 0 heterocycles. The van der Waals surface area contributed by atoms with Gasteiger partial charge < -0.3 is 0 Å². The van der Waals surface area contributed by atoms with Crippen LogP contribution in [0.3, 0.4) is 0 Å². The van der Waals surface area contributed by atoms with Crippen LogP contribution in [0, 0.1) is 0 Å². The molecule has 100 valence electrons. The summed E-state index contributed by atoms with van der Waals surface area (Å²) in [6.45, 7) is 0. The second-order valence-electron chi connectivity index (χ2n) is 4.36. The molecule has 0 N–H and O–H groups in total. The summed E-state index contributed by atoms with van der Waals surface area (Å²) >= 11 is 9.11. The van der Waals surface area contributed by atoms with Crippen LogP contribution < -0.4 is 0 Å². The van der Waals surface area contributed by atoms with Gasteiger partial charge in [0.15, 0.2) is 0 Å². The summed E-state index contributed by atoms with van der Waals surface area (Å²) in [7, 11) is 0. The van der Waals surface area contributed by atoms with Crippen molar-refractivity contribution in [1.29, 1.82) is 0 Å². The molecule has 0 bridgehead atoms. The zero-order valence-corrected chi connectivity index (χ0v) is 14.5. The van der Waals surface area contributed by atoms with Gasteiger partial charge in [-0.15, -0.1) is 11.8 Å². The van der Waals surface area contributed by atoms with E-state index in [4.69, 9.17) is 0 Å². The standard InChI is InChI=1S/C16H16Br2S/c17-12-14(13-5-4-6-15(18)11-13)9-10-19-16-7-2-1-3-8-16/h1-8,11,14H,9-10,12H2. The Labute approximate surface area is 136 Å². The van der Waals surface area contributed by atoms with Crippen molar-refractivity contribution in [1.82, 2.24) is 0 Å². The van der Waals surface area contributed by atoms with Crippen molar-refractivity contribution in [2.45, 2.75) is 17.2 Å². The molecule has 19 heavy (non-hydrogen) atoms. The largest absolute Gasteiger partial charge is 0.126 e. The third-order valence-corrected chi connectivity index (χ3v) is 5.30. The van der Waals surface area contributed by atoms with E-state index in [1.165, 1.54) is 16.9 Å². The molecule has 0 aliphatic carbocycles. The molecule has 2 rings (SSSR count). The number of alkyl halides is 1. The Balaban J connectivity index is 1.89. The van der Waals surface area contributed by atoms with Crippen LogP contribution in [0.25, 0.3) is 0 Å². The van der Waals surface area contributed by atoms with E-state index < -0.39 is 0 Å². The Bertz CT molecular complexity index is 499. The molecule has 0 spiro atoms. The lowest BCUT2D eigenvalue weighted by Crippen LogP contribution is -2.01. The van der Waals surface area contributed by atoms with Crippen LogP contribution in [0.1, 0.15) is 17.9 Å². The van der Waals surface area contributed by atoms with Crippen molar-refractivity contribution in [2.75, 3.05) is 11.1 Å². The summed E-state index contributed by atoms with van der Waals surface area (Å²) in [6, 6.07) is 19.2. The van der Waals surface area contributed by atoms with Crippen LogP contribution in [-0.2, 0) is 0 Å². The van der Waals surface area contributed by atoms with E-state index in [0.29, 0.717) is 5.92 Å². The van der Waals surface area contributed by atoms with Crippen LogP contribution in [0.5, 0.6) is 0 Å². The number of hydrogen-bond acceptors (Lipinski definition) is 1. The Morgan fingerprint density at radius 2 is 1.79 bits per heavy atom. The molecule has 3 heteroatoms. The normalized spacial score (nSPS) is 12.3. The minimum absolute atomic E-state index is 0.578. The van der Waals surface area contributed by atoms with Gasteiger partial charge in [0.25, 0.3) is 0 Å². The van der Waals surface area contributed by atoms with Crippen LogP contribution in [0.15, 0.2) is 64.0 Å². The fourth-order valence-electron chi connectivity index (χ4n) is 1.93. The molecule has 0 fully saturated rings.